The smallest absolute Gasteiger partial charge is 0.408 e. The van der Waals surface area contributed by atoms with Gasteiger partial charge in [0.05, 0.1) is 24.6 Å². The van der Waals surface area contributed by atoms with Crippen molar-refractivity contribution in [2.24, 2.45) is 16.5 Å². The summed E-state index contributed by atoms with van der Waals surface area (Å²) in [4.78, 5) is 62.6. The molecular weight excluding hydrogens is 691 g/mol. The first kappa shape index (κ1) is 37.6. The molecule has 0 aromatic heterocycles. The zero-order chi connectivity index (χ0) is 37.4. The lowest BCUT2D eigenvalue weighted by Gasteiger charge is -2.35. The van der Waals surface area contributed by atoms with Crippen LogP contribution in [0.15, 0.2) is 36.0 Å². The molecule has 0 bridgehead atoms. The number of methoxy groups -OCH3 is 1. The van der Waals surface area contributed by atoms with Gasteiger partial charge in [-0.15, -0.1) is 6.58 Å². The van der Waals surface area contributed by atoms with Gasteiger partial charge >= 0.3 is 6.09 Å². The van der Waals surface area contributed by atoms with Gasteiger partial charge in [-0.2, -0.15) is 0 Å². The van der Waals surface area contributed by atoms with Gasteiger partial charge in [0.25, 0.3) is 5.91 Å². The fourth-order valence-electron chi connectivity index (χ4n) is 7.51. The molecular formula is C37H51N5O9S. The van der Waals surface area contributed by atoms with Crippen molar-refractivity contribution in [3.8, 4) is 5.75 Å². The van der Waals surface area contributed by atoms with Crippen molar-refractivity contribution in [3.05, 3.63) is 42.0 Å². The Hall–Kier alpha value is -4.14. The van der Waals surface area contributed by atoms with Crippen LogP contribution in [0.25, 0.3) is 0 Å². The van der Waals surface area contributed by atoms with E-state index in [1.807, 2.05) is 39.0 Å². The molecule has 0 spiro atoms. The molecule has 0 radical (unpaired) electrons. The number of ether oxygens (including phenoxy) is 2. The minimum Gasteiger partial charge on any atom is -0.497 e. The standard InChI is InChI=1S/C37H51N5O9S/c1-6-23-20-37(23,34(45)41-52(47,48)27-15-16-27)39-32(43)30-19-26(51-40-29-13-9-10-22-18-25(49-5)14-17-28(22)29)21-42(30)33(44)31(36(2,3)4)38-35(46)50-24-11-7-8-12-24/h6,14,17-18,23-24,26-27,30-31H,1,7-13,15-16,19-21H2,2-5H3,(H,38,46)(H,39,43)(H,41,45)/b40-29+/t23-,26-,30+,31-,37+/m1/s1. The Labute approximate surface area is 305 Å². The molecule has 4 amide bonds. The highest BCUT2D eigenvalue weighted by molar-refractivity contribution is 7.91. The van der Waals surface area contributed by atoms with Gasteiger partial charge in [0.1, 0.15) is 35.6 Å². The van der Waals surface area contributed by atoms with E-state index in [1.54, 1.807) is 7.11 Å². The largest absolute Gasteiger partial charge is 0.497 e. The molecule has 52 heavy (non-hydrogen) atoms. The molecule has 1 aromatic rings. The van der Waals surface area contributed by atoms with E-state index >= 15 is 0 Å². The Morgan fingerprint density at radius 1 is 1.06 bits per heavy atom. The first-order chi connectivity index (χ1) is 24.6. The Balaban J connectivity index is 1.24. The van der Waals surface area contributed by atoms with Crippen molar-refractivity contribution in [3.63, 3.8) is 0 Å². The summed E-state index contributed by atoms with van der Waals surface area (Å²) >= 11 is 0. The summed E-state index contributed by atoms with van der Waals surface area (Å²) in [6.07, 6.45) is 6.90. The Morgan fingerprint density at radius 3 is 2.42 bits per heavy atom. The number of oxime groups is 1. The number of rotatable bonds is 12. The van der Waals surface area contributed by atoms with Crippen LogP contribution in [-0.4, -0.2) is 91.6 Å². The third kappa shape index (κ3) is 8.08. The van der Waals surface area contributed by atoms with Crippen LogP contribution in [0.2, 0.25) is 0 Å². The molecule has 3 saturated carbocycles. The number of alkyl carbamates (subject to hydrolysis) is 1. The van der Waals surface area contributed by atoms with E-state index in [9.17, 15) is 27.6 Å². The number of hydrogen-bond donors (Lipinski definition) is 3. The van der Waals surface area contributed by atoms with Gasteiger partial charge in [-0.3, -0.25) is 19.1 Å². The molecule has 284 valence electrons. The quantitative estimate of drug-likeness (QED) is 0.214. The van der Waals surface area contributed by atoms with E-state index in [-0.39, 0.29) is 25.5 Å². The fraction of sp³-hybridized carbons (Fsp3) is 0.649. The molecule has 1 heterocycles. The number of fused-ring (bicyclic) bond motifs is 1. The molecule has 1 aliphatic heterocycles. The summed E-state index contributed by atoms with van der Waals surface area (Å²) in [6, 6.07) is 3.61. The average molecular weight is 742 g/mol. The maximum Gasteiger partial charge on any atom is 0.408 e. The summed E-state index contributed by atoms with van der Waals surface area (Å²) in [5.41, 5.74) is 0.474. The average Bonchev–Trinajstić information content (AvgIpc) is 3.98. The van der Waals surface area contributed by atoms with Crippen LogP contribution >= 0.6 is 0 Å². The van der Waals surface area contributed by atoms with Gasteiger partial charge in [0, 0.05) is 17.9 Å². The van der Waals surface area contributed by atoms with E-state index in [1.165, 1.54) is 11.0 Å². The number of sulfonamides is 1. The van der Waals surface area contributed by atoms with E-state index in [2.05, 4.69) is 27.1 Å². The molecule has 4 fully saturated rings. The lowest BCUT2D eigenvalue weighted by molar-refractivity contribution is -0.143. The second-order valence-electron chi connectivity index (χ2n) is 15.8. The summed E-state index contributed by atoms with van der Waals surface area (Å²) in [5, 5.41) is 9.46. The van der Waals surface area contributed by atoms with Gasteiger partial charge in [-0.25, -0.2) is 13.2 Å². The Bertz CT molecular complexity index is 1730. The van der Waals surface area contributed by atoms with Crippen LogP contribution in [0.5, 0.6) is 5.75 Å². The third-order valence-electron chi connectivity index (χ3n) is 10.8. The fourth-order valence-corrected chi connectivity index (χ4v) is 8.87. The van der Waals surface area contributed by atoms with Gasteiger partial charge < -0.3 is 29.8 Å². The summed E-state index contributed by atoms with van der Waals surface area (Å²) < 4.78 is 38.5. The van der Waals surface area contributed by atoms with Gasteiger partial charge in [-0.05, 0) is 93.4 Å². The topological polar surface area (TPSA) is 182 Å². The lowest BCUT2D eigenvalue weighted by atomic mass is 9.85. The number of likely N-dealkylation sites (tertiary alicyclic amines) is 1. The number of hydrogen-bond acceptors (Lipinski definition) is 10. The summed E-state index contributed by atoms with van der Waals surface area (Å²) in [6.45, 7) is 9.19. The minimum atomic E-state index is -3.88. The highest BCUT2D eigenvalue weighted by atomic mass is 32.2. The van der Waals surface area contributed by atoms with Crippen molar-refractivity contribution in [2.75, 3.05) is 13.7 Å². The summed E-state index contributed by atoms with van der Waals surface area (Å²) in [7, 11) is -2.27. The molecule has 5 atom stereocenters. The van der Waals surface area contributed by atoms with Gasteiger partial charge in [0.15, 0.2) is 0 Å². The van der Waals surface area contributed by atoms with Crippen molar-refractivity contribution in [2.45, 2.75) is 126 Å². The predicted octanol–water partition coefficient (Wildman–Crippen LogP) is 3.47. The van der Waals surface area contributed by atoms with Crippen LogP contribution in [0, 0.1) is 11.3 Å². The number of carbonyl (C=O) groups excluding carboxylic acids is 4. The normalized spacial score (nSPS) is 27.3. The second-order valence-corrected chi connectivity index (χ2v) is 17.8. The van der Waals surface area contributed by atoms with E-state index < -0.39 is 74.1 Å². The number of nitrogens with one attached hydrogen (secondary N) is 3. The molecule has 15 heteroatoms. The van der Waals surface area contributed by atoms with Crippen molar-refractivity contribution in [1.82, 2.24) is 20.3 Å². The van der Waals surface area contributed by atoms with Crippen molar-refractivity contribution < 1.29 is 41.9 Å². The Morgan fingerprint density at radius 2 is 1.79 bits per heavy atom. The molecule has 3 N–H and O–H groups in total. The van der Waals surface area contributed by atoms with Crippen LogP contribution in [0.3, 0.4) is 0 Å². The maximum absolute atomic E-state index is 14.5. The maximum atomic E-state index is 14.5. The van der Waals surface area contributed by atoms with Crippen LogP contribution in [-0.2, 0) is 40.4 Å². The number of nitrogens with zero attached hydrogens (tertiary/aromatic N) is 2. The van der Waals surface area contributed by atoms with Crippen molar-refractivity contribution >= 4 is 39.5 Å². The zero-order valence-corrected chi connectivity index (χ0v) is 31.3. The Kier molecular flexibility index (Phi) is 10.6. The number of carbonyl (C=O) groups is 4. The molecule has 1 aromatic carbocycles. The SMILES string of the molecule is C=C[C@@H]1C[C@@]1(NC(=O)[C@@H]1C[C@@H](O/N=C2\CCCc3cc(OC)ccc32)CN1C(=O)[C@@H](NC(=O)OC1CCCC1)C(C)(C)C)C(=O)NS(=O)(=O)C1CC1. The first-order valence-corrected chi connectivity index (χ1v) is 19.9. The number of amides is 4. The molecule has 0 unspecified atom stereocenters. The second kappa shape index (κ2) is 14.7. The minimum absolute atomic E-state index is 0.0186. The number of benzene rings is 1. The highest BCUT2D eigenvalue weighted by Crippen LogP contribution is 2.45. The van der Waals surface area contributed by atoms with E-state index in [0.717, 1.165) is 61.1 Å². The van der Waals surface area contributed by atoms with Crippen LogP contribution < -0.4 is 20.1 Å². The molecule has 4 aliphatic carbocycles. The molecule has 6 rings (SSSR count). The number of aryl methyl sites for hydroxylation is 1. The van der Waals surface area contributed by atoms with Crippen LogP contribution in [0.1, 0.15) is 96.1 Å². The molecule has 5 aliphatic rings. The van der Waals surface area contributed by atoms with Crippen molar-refractivity contribution in [1.29, 1.82) is 0 Å². The van der Waals surface area contributed by atoms with Crippen LogP contribution in [0.4, 0.5) is 4.79 Å². The lowest BCUT2D eigenvalue weighted by Crippen LogP contribution is -2.60. The third-order valence-corrected chi connectivity index (χ3v) is 12.7. The first-order valence-electron chi connectivity index (χ1n) is 18.3. The monoisotopic (exact) mass is 741 g/mol. The molecule has 1 saturated heterocycles. The van der Waals surface area contributed by atoms with E-state index in [4.69, 9.17) is 14.3 Å². The highest BCUT2D eigenvalue weighted by Gasteiger charge is 2.62. The molecule has 14 nitrogen and oxygen atoms in total. The van der Waals surface area contributed by atoms with Gasteiger partial charge in [-0.1, -0.05) is 32.0 Å². The zero-order valence-electron chi connectivity index (χ0n) is 30.4. The summed E-state index contributed by atoms with van der Waals surface area (Å²) in [5.74, 6) is -1.75. The van der Waals surface area contributed by atoms with Gasteiger partial charge in [0.2, 0.25) is 21.8 Å². The van der Waals surface area contributed by atoms with E-state index in [0.29, 0.717) is 19.3 Å². The predicted molar refractivity (Wildman–Crippen MR) is 192 cm³/mol.